The molecule has 1 aliphatic carbocycles. The van der Waals surface area contributed by atoms with Crippen LogP contribution in [0.25, 0.3) is 0 Å². The quantitative estimate of drug-likeness (QED) is 0.850. The Bertz CT molecular complexity index is 490. The zero-order valence-electron chi connectivity index (χ0n) is 13.2. The summed E-state index contributed by atoms with van der Waals surface area (Å²) >= 11 is 0. The zero-order chi connectivity index (χ0) is 15.4. The summed E-state index contributed by atoms with van der Waals surface area (Å²) in [6.45, 7) is 2.94. The van der Waals surface area contributed by atoms with Crippen molar-refractivity contribution in [3.05, 3.63) is 35.9 Å². The van der Waals surface area contributed by atoms with Crippen molar-refractivity contribution >= 4 is 5.97 Å². The Labute approximate surface area is 132 Å². The number of rotatable bonds is 5. The van der Waals surface area contributed by atoms with E-state index >= 15 is 0 Å². The summed E-state index contributed by atoms with van der Waals surface area (Å²) in [7, 11) is 0. The van der Waals surface area contributed by atoms with E-state index in [9.17, 15) is 4.79 Å². The van der Waals surface area contributed by atoms with Crippen LogP contribution in [0.3, 0.4) is 0 Å². The molecule has 4 heteroatoms. The molecule has 1 heterocycles. The molecule has 2 fully saturated rings. The molecule has 1 aromatic carbocycles. The van der Waals surface area contributed by atoms with Gasteiger partial charge in [0.1, 0.15) is 6.04 Å². The van der Waals surface area contributed by atoms with E-state index in [0.717, 1.165) is 12.8 Å². The van der Waals surface area contributed by atoms with Crippen LogP contribution in [0.4, 0.5) is 0 Å². The van der Waals surface area contributed by atoms with Gasteiger partial charge in [-0.2, -0.15) is 0 Å². The molecule has 1 aromatic rings. The standard InChI is InChI=1S/C18H25NO3/c1-2-21-18(20)15-11-14-9-6-10-16(17(14)19-15)22-12-13-7-4-3-5-8-13/h3-5,7-8,14-17,19H,2,6,9-12H2,1H3. The van der Waals surface area contributed by atoms with Gasteiger partial charge in [0.2, 0.25) is 0 Å². The first-order valence-electron chi connectivity index (χ1n) is 8.36. The van der Waals surface area contributed by atoms with Gasteiger partial charge in [0.05, 0.1) is 19.3 Å². The lowest BCUT2D eigenvalue weighted by Gasteiger charge is -2.33. The van der Waals surface area contributed by atoms with Gasteiger partial charge in [-0.15, -0.1) is 0 Å². The molecule has 4 atom stereocenters. The number of ether oxygens (including phenoxy) is 2. The van der Waals surface area contributed by atoms with E-state index in [1.54, 1.807) is 0 Å². The molecule has 3 rings (SSSR count). The Balaban J connectivity index is 1.58. The van der Waals surface area contributed by atoms with E-state index < -0.39 is 0 Å². The van der Waals surface area contributed by atoms with Gasteiger partial charge in [0.15, 0.2) is 0 Å². The summed E-state index contributed by atoms with van der Waals surface area (Å²) in [4.78, 5) is 11.9. The first kappa shape index (κ1) is 15.5. The minimum atomic E-state index is -0.157. The van der Waals surface area contributed by atoms with E-state index in [2.05, 4.69) is 17.4 Å². The smallest absolute Gasteiger partial charge is 0.323 e. The highest BCUT2D eigenvalue weighted by atomic mass is 16.5. The van der Waals surface area contributed by atoms with Crippen molar-refractivity contribution < 1.29 is 14.3 Å². The summed E-state index contributed by atoms with van der Waals surface area (Å²) in [5.41, 5.74) is 1.20. The molecular formula is C18H25NO3. The summed E-state index contributed by atoms with van der Waals surface area (Å²) in [6, 6.07) is 10.4. The summed E-state index contributed by atoms with van der Waals surface area (Å²) in [6.07, 6.45) is 4.50. The van der Waals surface area contributed by atoms with Crippen LogP contribution in [0.2, 0.25) is 0 Å². The van der Waals surface area contributed by atoms with E-state index in [4.69, 9.17) is 9.47 Å². The van der Waals surface area contributed by atoms with Gasteiger partial charge in [0.25, 0.3) is 0 Å². The first-order chi connectivity index (χ1) is 10.8. The van der Waals surface area contributed by atoms with Crippen molar-refractivity contribution in [2.75, 3.05) is 6.61 Å². The monoisotopic (exact) mass is 303 g/mol. The van der Waals surface area contributed by atoms with Gasteiger partial charge in [-0.3, -0.25) is 10.1 Å². The average Bonchev–Trinajstić information content (AvgIpc) is 2.99. The van der Waals surface area contributed by atoms with Gasteiger partial charge >= 0.3 is 5.97 Å². The minimum absolute atomic E-state index is 0.112. The van der Waals surface area contributed by atoms with Crippen LogP contribution in [0, 0.1) is 5.92 Å². The number of nitrogens with one attached hydrogen (secondary N) is 1. The number of hydrogen-bond donors (Lipinski definition) is 1. The highest BCUT2D eigenvalue weighted by molar-refractivity contribution is 5.76. The van der Waals surface area contributed by atoms with Gasteiger partial charge in [-0.05, 0) is 37.7 Å². The minimum Gasteiger partial charge on any atom is -0.465 e. The molecule has 0 bridgehead atoms. The third-order valence-corrected chi connectivity index (χ3v) is 4.78. The maximum Gasteiger partial charge on any atom is 0.323 e. The lowest BCUT2D eigenvalue weighted by molar-refractivity contribution is -0.145. The maximum absolute atomic E-state index is 11.9. The first-order valence-corrected chi connectivity index (χ1v) is 8.36. The number of hydrogen-bond acceptors (Lipinski definition) is 4. The topological polar surface area (TPSA) is 47.6 Å². The van der Waals surface area contributed by atoms with Gasteiger partial charge in [-0.1, -0.05) is 36.8 Å². The number of carbonyl (C=O) groups excluding carboxylic acids is 1. The van der Waals surface area contributed by atoms with Crippen molar-refractivity contribution in [1.29, 1.82) is 0 Å². The van der Waals surface area contributed by atoms with Crippen LogP contribution >= 0.6 is 0 Å². The number of esters is 1. The van der Waals surface area contributed by atoms with Crippen molar-refractivity contribution in [2.45, 2.75) is 57.4 Å². The molecule has 0 spiro atoms. The number of carbonyl (C=O) groups is 1. The summed E-state index contributed by atoms with van der Waals surface area (Å²) in [5.74, 6) is 0.419. The third kappa shape index (κ3) is 3.50. The highest BCUT2D eigenvalue weighted by Crippen LogP contribution is 2.35. The summed E-state index contributed by atoms with van der Waals surface area (Å²) < 4.78 is 11.3. The van der Waals surface area contributed by atoms with Gasteiger partial charge in [0, 0.05) is 6.04 Å². The fraction of sp³-hybridized carbons (Fsp3) is 0.611. The van der Waals surface area contributed by atoms with Crippen molar-refractivity contribution in [3.63, 3.8) is 0 Å². The average molecular weight is 303 g/mol. The molecule has 1 aliphatic heterocycles. The molecule has 4 nitrogen and oxygen atoms in total. The Morgan fingerprint density at radius 2 is 2.09 bits per heavy atom. The molecule has 0 amide bonds. The van der Waals surface area contributed by atoms with E-state index in [-0.39, 0.29) is 24.2 Å². The second-order valence-corrected chi connectivity index (χ2v) is 6.26. The Morgan fingerprint density at radius 1 is 1.27 bits per heavy atom. The van der Waals surface area contributed by atoms with Crippen LogP contribution in [0.5, 0.6) is 0 Å². The van der Waals surface area contributed by atoms with Crippen LogP contribution < -0.4 is 5.32 Å². The number of benzene rings is 1. The van der Waals surface area contributed by atoms with Crippen LogP contribution in [0.1, 0.15) is 38.2 Å². The van der Waals surface area contributed by atoms with Crippen molar-refractivity contribution in [2.24, 2.45) is 5.92 Å². The zero-order valence-corrected chi connectivity index (χ0v) is 13.2. The molecule has 1 saturated heterocycles. The Morgan fingerprint density at radius 3 is 2.86 bits per heavy atom. The third-order valence-electron chi connectivity index (χ3n) is 4.78. The molecule has 0 aromatic heterocycles. The SMILES string of the molecule is CCOC(=O)C1CC2CCCC(OCc3ccccc3)C2N1. The van der Waals surface area contributed by atoms with Crippen molar-refractivity contribution in [3.8, 4) is 0 Å². The second-order valence-electron chi connectivity index (χ2n) is 6.26. The van der Waals surface area contributed by atoms with E-state index in [1.807, 2.05) is 25.1 Å². The van der Waals surface area contributed by atoms with Gasteiger partial charge in [-0.25, -0.2) is 0 Å². The van der Waals surface area contributed by atoms with Crippen molar-refractivity contribution in [1.82, 2.24) is 5.32 Å². The Hall–Kier alpha value is -1.39. The van der Waals surface area contributed by atoms with Crippen LogP contribution in [0.15, 0.2) is 30.3 Å². The fourth-order valence-corrected chi connectivity index (χ4v) is 3.73. The largest absolute Gasteiger partial charge is 0.465 e. The predicted molar refractivity (Wildman–Crippen MR) is 84.3 cm³/mol. The van der Waals surface area contributed by atoms with Crippen LogP contribution in [-0.4, -0.2) is 30.8 Å². The molecule has 4 unspecified atom stereocenters. The lowest BCUT2D eigenvalue weighted by atomic mass is 9.83. The van der Waals surface area contributed by atoms with E-state index in [1.165, 1.54) is 18.4 Å². The predicted octanol–water partition coefficient (Wildman–Crippen LogP) is 2.67. The molecule has 120 valence electrons. The number of fused-ring (bicyclic) bond motifs is 1. The normalized spacial score (nSPS) is 30.8. The van der Waals surface area contributed by atoms with Crippen LogP contribution in [-0.2, 0) is 20.9 Å². The fourth-order valence-electron chi connectivity index (χ4n) is 3.73. The molecule has 22 heavy (non-hydrogen) atoms. The molecule has 1 N–H and O–H groups in total. The van der Waals surface area contributed by atoms with Gasteiger partial charge < -0.3 is 9.47 Å². The molecule has 2 aliphatic rings. The maximum atomic E-state index is 11.9. The molecule has 0 radical (unpaired) electrons. The molecular weight excluding hydrogens is 278 g/mol. The highest BCUT2D eigenvalue weighted by Gasteiger charge is 2.44. The lowest BCUT2D eigenvalue weighted by Crippen LogP contribution is -2.46. The summed E-state index contributed by atoms with van der Waals surface area (Å²) in [5, 5.41) is 3.46. The second kappa shape index (κ2) is 7.25. The van der Waals surface area contributed by atoms with E-state index in [0.29, 0.717) is 19.1 Å². The molecule has 1 saturated carbocycles. The Kier molecular flexibility index (Phi) is 5.11.